The quantitative estimate of drug-likeness (QED) is 0.662. The van der Waals surface area contributed by atoms with E-state index in [4.69, 9.17) is 11.6 Å². The molecule has 1 heterocycles. The number of nitrogens with zero attached hydrogens (tertiary/aromatic N) is 3. The van der Waals surface area contributed by atoms with Gasteiger partial charge in [-0.2, -0.15) is 0 Å². The van der Waals surface area contributed by atoms with Crippen LogP contribution in [0.2, 0.25) is 5.02 Å². The fourth-order valence-electron chi connectivity index (χ4n) is 3.05. The lowest BCUT2D eigenvalue weighted by atomic mass is 10.3. The average Bonchev–Trinajstić information content (AvgIpc) is 2.62. The minimum absolute atomic E-state index is 0.0903. The number of hydrogen-bond donors (Lipinski definition) is 0. The first kappa shape index (κ1) is 21.2. The third-order valence-electron chi connectivity index (χ3n) is 4.79. The Morgan fingerprint density at radius 2 is 1.58 bits per heavy atom. The summed E-state index contributed by atoms with van der Waals surface area (Å²) in [5.74, 6) is 0.251. The zero-order chi connectivity index (χ0) is 19.2. The monoisotopic (exact) mass is 401 g/mol. The third-order valence-corrected chi connectivity index (χ3v) is 6.75. The summed E-state index contributed by atoms with van der Waals surface area (Å²) in [6.45, 7) is 9.52. The van der Waals surface area contributed by atoms with Crippen molar-refractivity contribution in [3.8, 4) is 0 Å². The first-order valence-electron chi connectivity index (χ1n) is 9.06. The van der Waals surface area contributed by atoms with Gasteiger partial charge >= 0.3 is 0 Å². The average molecular weight is 402 g/mol. The summed E-state index contributed by atoms with van der Waals surface area (Å²) in [5.41, 5.74) is 0. The van der Waals surface area contributed by atoms with Crippen molar-refractivity contribution in [2.24, 2.45) is 0 Å². The predicted octanol–water partition coefficient (Wildman–Crippen LogP) is 1.60. The molecule has 2 rings (SSSR count). The van der Waals surface area contributed by atoms with E-state index in [0.717, 1.165) is 39.3 Å². The Balaban J connectivity index is 1.78. The van der Waals surface area contributed by atoms with Crippen LogP contribution in [0, 0.1) is 0 Å². The summed E-state index contributed by atoms with van der Waals surface area (Å²) in [5, 5.41) is 0.527. The molecule has 1 amide bonds. The lowest BCUT2D eigenvalue weighted by Crippen LogP contribution is -2.50. The molecule has 0 atom stereocenters. The standard InChI is InChI=1S/C18H28ClN3O3S/c1-3-22(4-2)18(23)15-21-11-9-20(10-12-21)13-14-26(24,25)17-7-5-16(19)6-8-17/h5-8H,3-4,9-15H2,1-2H3. The number of sulfone groups is 1. The van der Waals surface area contributed by atoms with Crippen LogP contribution in [-0.2, 0) is 14.6 Å². The summed E-state index contributed by atoms with van der Waals surface area (Å²) >= 11 is 5.81. The van der Waals surface area contributed by atoms with E-state index in [1.807, 2.05) is 18.7 Å². The number of carbonyl (C=O) groups excluding carboxylic acids is 1. The van der Waals surface area contributed by atoms with Crippen LogP contribution in [0.25, 0.3) is 0 Å². The van der Waals surface area contributed by atoms with Crippen LogP contribution in [0.4, 0.5) is 0 Å². The fraction of sp³-hybridized carbons (Fsp3) is 0.611. The molecule has 0 aromatic heterocycles. The van der Waals surface area contributed by atoms with Gasteiger partial charge < -0.3 is 4.90 Å². The highest BCUT2D eigenvalue weighted by Gasteiger charge is 2.22. The van der Waals surface area contributed by atoms with Gasteiger partial charge in [-0.25, -0.2) is 8.42 Å². The number of hydrogen-bond acceptors (Lipinski definition) is 5. The first-order valence-corrected chi connectivity index (χ1v) is 11.1. The van der Waals surface area contributed by atoms with E-state index < -0.39 is 9.84 Å². The third kappa shape index (κ3) is 5.94. The highest BCUT2D eigenvalue weighted by atomic mass is 35.5. The van der Waals surface area contributed by atoms with Gasteiger partial charge in [-0.1, -0.05) is 11.6 Å². The molecular formula is C18H28ClN3O3S. The number of amides is 1. The smallest absolute Gasteiger partial charge is 0.236 e. The number of benzene rings is 1. The number of carbonyl (C=O) groups is 1. The largest absolute Gasteiger partial charge is 0.342 e. The maximum atomic E-state index is 12.4. The molecule has 146 valence electrons. The summed E-state index contributed by atoms with van der Waals surface area (Å²) in [6, 6.07) is 6.29. The summed E-state index contributed by atoms with van der Waals surface area (Å²) in [4.78, 5) is 18.6. The maximum Gasteiger partial charge on any atom is 0.236 e. The molecule has 0 radical (unpaired) electrons. The summed E-state index contributed by atoms with van der Waals surface area (Å²) in [6.07, 6.45) is 0. The van der Waals surface area contributed by atoms with Crippen LogP contribution in [0.5, 0.6) is 0 Å². The Labute approximate surface area is 161 Å². The van der Waals surface area contributed by atoms with Crippen LogP contribution in [0.15, 0.2) is 29.2 Å². The Kier molecular flexibility index (Phi) is 7.88. The van der Waals surface area contributed by atoms with Gasteiger partial charge in [0, 0.05) is 50.8 Å². The highest BCUT2D eigenvalue weighted by molar-refractivity contribution is 7.91. The van der Waals surface area contributed by atoms with E-state index >= 15 is 0 Å². The van der Waals surface area contributed by atoms with Crippen LogP contribution >= 0.6 is 11.6 Å². The van der Waals surface area contributed by atoms with Crippen molar-refractivity contribution in [1.29, 1.82) is 0 Å². The van der Waals surface area contributed by atoms with E-state index in [1.54, 1.807) is 24.3 Å². The van der Waals surface area contributed by atoms with Crippen LogP contribution in [-0.4, -0.2) is 87.1 Å². The molecule has 0 bridgehead atoms. The molecule has 8 heteroatoms. The second-order valence-corrected chi connectivity index (χ2v) is 9.00. The maximum absolute atomic E-state index is 12.4. The molecule has 0 saturated carbocycles. The van der Waals surface area contributed by atoms with Gasteiger partial charge in [-0.15, -0.1) is 0 Å². The van der Waals surface area contributed by atoms with Gasteiger partial charge in [0.05, 0.1) is 17.2 Å². The van der Waals surface area contributed by atoms with E-state index in [0.29, 0.717) is 23.0 Å². The molecule has 1 saturated heterocycles. The summed E-state index contributed by atoms with van der Waals surface area (Å²) in [7, 11) is -3.30. The Bertz CT molecular complexity index is 682. The van der Waals surface area contributed by atoms with E-state index in [-0.39, 0.29) is 11.7 Å². The highest BCUT2D eigenvalue weighted by Crippen LogP contribution is 2.16. The molecule has 1 aromatic carbocycles. The molecular weight excluding hydrogens is 374 g/mol. The number of rotatable bonds is 8. The van der Waals surface area contributed by atoms with Gasteiger partial charge in [0.2, 0.25) is 5.91 Å². The second kappa shape index (κ2) is 9.69. The van der Waals surface area contributed by atoms with Crippen molar-refractivity contribution in [2.45, 2.75) is 18.7 Å². The molecule has 1 aliphatic heterocycles. The SMILES string of the molecule is CCN(CC)C(=O)CN1CCN(CCS(=O)(=O)c2ccc(Cl)cc2)CC1. The molecule has 1 fully saturated rings. The Hall–Kier alpha value is -1.15. The van der Waals surface area contributed by atoms with Gasteiger partial charge in [-0.05, 0) is 38.1 Å². The molecule has 26 heavy (non-hydrogen) atoms. The number of piperazine rings is 1. The van der Waals surface area contributed by atoms with Gasteiger partial charge in [0.1, 0.15) is 0 Å². The topological polar surface area (TPSA) is 60.9 Å². The second-order valence-electron chi connectivity index (χ2n) is 6.46. The normalized spacial score (nSPS) is 16.6. The summed E-state index contributed by atoms with van der Waals surface area (Å²) < 4.78 is 24.8. The van der Waals surface area contributed by atoms with Crippen molar-refractivity contribution in [1.82, 2.24) is 14.7 Å². The minimum Gasteiger partial charge on any atom is -0.342 e. The molecule has 0 N–H and O–H groups in total. The van der Waals surface area contributed by atoms with Crippen LogP contribution in [0.1, 0.15) is 13.8 Å². The van der Waals surface area contributed by atoms with E-state index in [2.05, 4.69) is 9.80 Å². The van der Waals surface area contributed by atoms with Gasteiger partial charge in [0.15, 0.2) is 9.84 Å². The first-order chi connectivity index (χ1) is 12.4. The van der Waals surface area contributed by atoms with Crippen LogP contribution < -0.4 is 0 Å². The molecule has 6 nitrogen and oxygen atoms in total. The van der Waals surface area contributed by atoms with E-state index in [9.17, 15) is 13.2 Å². The number of likely N-dealkylation sites (N-methyl/N-ethyl adjacent to an activating group) is 1. The zero-order valence-corrected chi connectivity index (χ0v) is 17.1. The van der Waals surface area contributed by atoms with Crippen molar-refractivity contribution in [3.05, 3.63) is 29.3 Å². The number of halogens is 1. The molecule has 1 aliphatic rings. The molecule has 1 aromatic rings. The molecule has 0 aliphatic carbocycles. The lowest BCUT2D eigenvalue weighted by Gasteiger charge is -2.35. The zero-order valence-electron chi connectivity index (χ0n) is 15.5. The molecule has 0 unspecified atom stereocenters. The lowest BCUT2D eigenvalue weighted by molar-refractivity contribution is -0.132. The fourth-order valence-corrected chi connectivity index (χ4v) is 4.46. The van der Waals surface area contributed by atoms with Gasteiger partial charge in [0.25, 0.3) is 0 Å². The minimum atomic E-state index is -3.30. The van der Waals surface area contributed by atoms with Crippen molar-refractivity contribution in [2.75, 3.05) is 58.1 Å². The Morgan fingerprint density at radius 3 is 2.12 bits per heavy atom. The Morgan fingerprint density at radius 1 is 1.04 bits per heavy atom. The molecule has 0 spiro atoms. The van der Waals surface area contributed by atoms with Gasteiger partial charge in [-0.3, -0.25) is 14.6 Å². The van der Waals surface area contributed by atoms with E-state index in [1.165, 1.54) is 0 Å². The van der Waals surface area contributed by atoms with Crippen molar-refractivity contribution in [3.63, 3.8) is 0 Å². The van der Waals surface area contributed by atoms with Crippen LogP contribution in [0.3, 0.4) is 0 Å². The van der Waals surface area contributed by atoms with Crippen molar-refractivity contribution >= 4 is 27.3 Å². The predicted molar refractivity (Wildman–Crippen MR) is 104 cm³/mol. The van der Waals surface area contributed by atoms with Crippen molar-refractivity contribution < 1.29 is 13.2 Å².